The van der Waals surface area contributed by atoms with E-state index in [1.54, 1.807) is 26.8 Å². The first-order chi connectivity index (χ1) is 9.92. The van der Waals surface area contributed by atoms with E-state index in [0.29, 0.717) is 19.0 Å². The Labute approximate surface area is 124 Å². The van der Waals surface area contributed by atoms with Gasteiger partial charge in [-0.2, -0.15) is 0 Å². The molecule has 0 aliphatic carbocycles. The van der Waals surface area contributed by atoms with Crippen LogP contribution in [0, 0.1) is 5.92 Å². The Balaban J connectivity index is 3.10. The van der Waals surface area contributed by atoms with Gasteiger partial charge in [0.2, 0.25) is 12.0 Å². The normalized spacial score (nSPS) is 12.1. The van der Waals surface area contributed by atoms with E-state index in [1.807, 2.05) is 6.92 Å². The van der Waals surface area contributed by atoms with Crippen molar-refractivity contribution >= 4 is 11.6 Å². The number of ketones is 2. The van der Waals surface area contributed by atoms with Crippen molar-refractivity contribution in [1.82, 2.24) is 0 Å². The summed E-state index contributed by atoms with van der Waals surface area (Å²) in [6.45, 7) is 7.50. The van der Waals surface area contributed by atoms with Gasteiger partial charge in [-0.3, -0.25) is 9.59 Å². The molecule has 0 aromatic heterocycles. The molecule has 0 amide bonds. The zero-order chi connectivity index (χ0) is 16.0. The quantitative estimate of drug-likeness (QED) is 0.546. The van der Waals surface area contributed by atoms with Crippen molar-refractivity contribution in [3.05, 3.63) is 23.8 Å². The van der Waals surface area contributed by atoms with E-state index in [9.17, 15) is 14.0 Å². The summed E-state index contributed by atoms with van der Waals surface area (Å²) in [5, 5.41) is 0. The highest BCUT2D eigenvalue weighted by atomic mass is 19.1. The third-order valence-corrected chi connectivity index (χ3v) is 2.88. The molecule has 1 atom stereocenters. The SMILES string of the molecule is CCOc1ccc(C(=O)C(F)C(=O)C(C)C)c(OCC)c1. The molecule has 1 unspecified atom stereocenters. The highest BCUT2D eigenvalue weighted by Crippen LogP contribution is 2.27. The number of ether oxygens (including phenoxy) is 2. The molecule has 0 N–H and O–H groups in total. The Morgan fingerprint density at radius 3 is 2.29 bits per heavy atom. The van der Waals surface area contributed by atoms with Gasteiger partial charge in [-0.05, 0) is 26.0 Å². The maximum absolute atomic E-state index is 14.0. The van der Waals surface area contributed by atoms with Crippen molar-refractivity contribution in [2.75, 3.05) is 13.2 Å². The third kappa shape index (κ3) is 4.28. The molecule has 5 heteroatoms. The van der Waals surface area contributed by atoms with Crippen LogP contribution in [0.5, 0.6) is 11.5 Å². The van der Waals surface area contributed by atoms with Gasteiger partial charge in [-0.15, -0.1) is 0 Å². The fraction of sp³-hybridized carbons (Fsp3) is 0.500. The molecule has 0 aliphatic rings. The van der Waals surface area contributed by atoms with Crippen LogP contribution >= 0.6 is 0 Å². The van der Waals surface area contributed by atoms with Crippen LogP contribution in [0.4, 0.5) is 4.39 Å². The number of halogens is 1. The summed E-state index contributed by atoms with van der Waals surface area (Å²) in [5.41, 5.74) is 0.0572. The van der Waals surface area contributed by atoms with E-state index in [1.165, 1.54) is 12.1 Å². The van der Waals surface area contributed by atoms with Crippen LogP contribution in [-0.4, -0.2) is 31.0 Å². The second-order valence-electron chi connectivity index (χ2n) is 4.81. The molecule has 1 rings (SSSR count). The van der Waals surface area contributed by atoms with Crippen molar-refractivity contribution in [1.29, 1.82) is 0 Å². The Morgan fingerprint density at radius 2 is 1.76 bits per heavy atom. The number of Topliss-reactive ketones (excluding diaryl/α,β-unsaturated/α-hetero) is 2. The zero-order valence-electron chi connectivity index (χ0n) is 12.8. The number of hydrogen-bond donors (Lipinski definition) is 0. The molecule has 0 radical (unpaired) electrons. The van der Waals surface area contributed by atoms with Gasteiger partial charge in [0.25, 0.3) is 0 Å². The fourth-order valence-electron chi connectivity index (χ4n) is 1.80. The summed E-state index contributed by atoms with van der Waals surface area (Å²) < 4.78 is 24.7. The molecule has 4 nitrogen and oxygen atoms in total. The van der Waals surface area contributed by atoms with Crippen LogP contribution < -0.4 is 9.47 Å². The number of rotatable bonds is 8. The minimum atomic E-state index is -2.16. The van der Waals surface area contributed by atoms with E-state index in [0.717, 1.165) is 0 Å². The molecule has 0 aliphatic heterocycles. The Morgan fingerprint density at radius 1 is 1.14 bits per heavy atom. The maximum atomic E-state index is 14.0. The van der Waals surface area contributed by atoms with Crippen molar-refractivity contribution in [2.24, 2.45) is 5.92 Å². The van der Waals surface area contributed by atoms with Gasteiger partial charge in [-0.25, -0.2) is 4.39 Å². The summed E-state index contributed by atoms with van der Waals surface area (Å²) in [6, 6.07) is 4.52. The average molecular weight is 296 g/mol. The molecule has 0 saturated heterocycles. The van der Waals surface area contributed by atoms with Crippen LogP contribution in [0.2, 0.25) is 0 Å². The Hall–Kier alpha value is -1.91. The lowest BCUT2D eigenvalue weighted by atomic mass is 9.97. The zero-order valence-corrected chi connectivity index (χ0v) is 12.8. The molecule has 0 spiro atoms. The second kappa shape index (κ2) is 7.76. The van der Waals surface area contributed by atoms with Crippen LogP contribution in [0.15, 0.2) is 18.2 Å². The molecule has 0 saturated carbocycles. The smallest absolute Gasteiger partial charge is 0.221 e. The van der Waals surface area contributed by atoms with E-state index in [2.05, 4.69) is 0 Å². The maximum Gasteiger partial charge on any atom is 0.221 e. The largest absolute Gasteiger partial charge is 0.494 e. The van der Waals surface area contributed by atoms with Gasteiger partial charge in [0.15, 0.2) is 5.78 Å². The monoisotopic (exact) mass is 296 g/mol. The minimum Gasteiger partial charge on any atom is -0.494 e. The summed E-state index contributed by atoms with van der Waals surface area (Å²) >= 11 is 0. The number of hydrogen-bond acceptors (Lipinski definition) is 4. The fourth-order valence-corrected chi connectivity index (χ4v) is 1.80. The molecular formula is C16H21FO4. The molecular weight excluding hydrogens is 275 g/mol. The van der Waals surface area contributed by atoms with Crippen molar-refractivity contribution in [2.45, 2.75) is 33.9 Å². The summed E-state index contributed by atoms with van der Waals surface area (Å²) in [6.07, 6.45) is -2.16. The number of carbonyl (C=O) groups is 2. The number of benzene rings is 1. The number of carbonyl (C=O) groups excluding carboxylic acids is 2. The van der Waals surface area contributed by atoms with E-state index < -0.39 is 23.7 Å². The predicted molar refractivity (Wildman–Crippen MR) is 77.9 cm³/mol. The van der Waals surface area contributed by atoms with Gasteiger partial charge in [0, 0.05) is 12.0 Å². The van der Waals surface area contributed by atoms with Crippen molar-refractivity contribution < 1.29 is 23.5 Å². The van der Waals surface area contributed by atoms with Crippen LogP contribution in [0.1, 0.15) is 38.1 Å². The second-order valence-corrected chi connectivity index (χ2v) is 4.81. The van der Waals surface area contributed by atoms with Crippen LogP contribution in [-0.2, 0) is 4.79 Å². The average Bonchev–Trinajstić information content (AvgIpc) is 2.46. The highest BCUT2D eigenvalue weighted by Gasteiger charge is 2.30. The molecule has 0 heterocycles. The highest BCUT2D eigenvalue weighted by molar-refractivity contribution is 6.14. The van der Waals surface area contributed by atoms with Gasteiger partial charge < -0.3 is 9.47 Å². The lowest BCUT2D eigenvalue weighted by molar-refractivity contribution is -0.125. The molecule has 0 bridgehead atoms. The predicted octanol–water partition coefficient (Wildman–Crippen LogP) is 3.23. The first-order valence-electron chi connectivity index (χ1n) is 7.04. The van der Waals surface area contributed by atoms with Gasteiger partial charge in [0.1, 0.15) is 11.5 Å². The van der Waals surface area contributed by atoms with Gasteiger partial charge in [-0.1, -0.05) is 13.8 Å². The topological polar surface area (TPSA) is 52.6 Å². The molecule has 0 fully saturated rings. The lowest BCUT2D eigenvalue weighted by Gasteiger charge is -2.14. The molecule has 116 valence electrons. The van der Waals surface area contributed by atoms with Crippen LogP contribution in [0.25, 0.3) is 0 Å². The Kier molecular flexibility index (Phi) is 6.34. The van der Waals surface area contributed by atoms with E-state index in [-0.39, 0.29) is 11.3 Å². The Bertz CT molecular complexity index is 511. The lowest BCUT2D eigenvalue weighted by Crippen LogP contribution is -2.29. The first kappa shape index (κ1) is 17.1. The summed E-state index contributed by atoms with van der Waals surface area (Å²) in [5.74, 6) is -1.38. The standard InChI is InChI=1S/C16H21FO4/c1-5-20-11-7-8-12(13(9-11)21-6-2)16(19)14(17)15(18)10(3)4/h7-10,14H,5-6H2,1-4H3. The molecule has 1 aromatic rings. The minimum absolute atomic E-state index is 0.0572. The van der Waals surface area contributed by atoms with E-state index in [4.69, 9.17) is 9.47 Å². The third-order valence-electron chi connectivity index (χ3n) is 2.88. The summed E-state index contributed by atoms with van der Waals surface area (Å²) in [4.78, 5) is 23.8. The first-order valence-corrected chi connectivity index (χ1v) is 7.04. The summed E-state index contributed by atoms with van der Waals surface area (Å²) in [7, 11) is 0. The van der Waals surface area contributed by atoms with Gasteiger partial charge >= 0.3 is 0 Å². The van der Waals surface area contributed by atoms with Crippen molar-refractivity contribution in [3.63, 3.8) is 0 Å². The number of alkyl halides is 1. The van der Waals surface area contributed by atoms with Crippen LogP contribution in [0.3, 0.4) is 0 Å². The van der Waals surface area contributed by atoms with Crippen molar-refractivity contribution in [3.8, 4) is 11.5 Å². The van der Waals surface area contributed by atoms with E-state index >= 15 is 0 Å². The molecule has 1 aromatic carbocycles. The molecule has 21 heavy (non-hydrogen) atoms. The van der Waals surface area contributed by atoms with Gasteiger partial charge in [0.05, 0.1) is 18.8 Å².